The average molecular weight is 274 g/mol. The zero-order valence-corrected chi connectivity index (χ0v) is 10.2. The van der Waals surface area contributed by atoms with E-state index in [4.69, 9.17) is 10.2 Å². The second-order valence-corrected chi connectivity index (χ2v) is 4.31. The highest BCUT2D eigenvalue weighted by Crippen LogP contribution is 2.26. The van der Waals surface area contributed by atoms with Gasteiger partial charge < -0.3 is 10.2 Å². The number of carbonyl (C=O) groups is 4. The molecule has 0 fully saturated rings. The fourth-order valence-corrected chi connectivity index (χ4v) is 2.05. The van der Waals surface area contributed by atoms with Crippen molar-refractivity contribution in [3.05, 3.63) is 41.5 Å². The van der Waals surface area contributed by atoms with Crippen LogP contribution in [0.15, 0.2) is 30.3 Å². The molecular weight excluding hydrogens is 264 g/mol. The van der Waals surface area contributed by atoms with Gasteiger partial charge in [0.2, 0.25) is 0 Å². The highest BCUT2D eigenvalue weighted by Gasteiger charge is 2.38. The summed E-state index contributed by atoms with van der Waals surface area (Å²) in [6, 6.07) is 5.60. The normalized spacial score (nSPS) is 18.6. The van der Waals surface area contributed by atoms with E-state index in [9.17, 15) is 19.2 Å². The average Bonchev–Trinajstić information content (AvgIpc) is 2.38. The lowest BCUT2D eigenvalue weighted by Crippen LogP contribution is -2.34. The summed E-state index contributed by atoms with van der Waals surface area (Å²) < 4.78 is 0. The van der Waals surface area contributed by atoms with E-state index in [0.29, 0.717) is 5.56 Å². The van der Waals surface area contributed by atoms with Gasteiger partial charge in [0, 0.05) is 12.0 Å². The van der Waals surface area contributed by atoms with E-state index >= 15 is 0 Å². The third-order valence-electron chi connectivity index (χ3n) is 3.02. The second kappa shape index (κ2) is 5.08. The topological polar surface area (TPSA) is 109 Å². The van der Waals surface area contributed by atoms with Crippen LogP contribution in [0.3, 0.4) is 0 Å². The molecule has 2 N–H and O–H groups in total. The summed E-state index contributed by atoms with van der Waals surface area (Å²) in [5.74, 6) is -5.82. The Morgan fingerprint density at radius 2 is 1.85 bits per heavy atom. The van der Waals surface area contributed by atoms with Crippen LogP contribution in [0.4, 0.5) is 0 Å². The lowest BCUT2D eigenvalue weighted by Gasteiger charge is -2.17. The molecule has 0 spiro atoms. The molecule has 0 bridgehead atoms. The number of benzene rings is 1. The molecule has 6 nitrogen and oxygen atoms in total. The van der Waals surface area contributed by atoms with Crippen molar-refractivity contribution in [2.75, 3.05) is 0 Å². The molecule has 1 aliphatic rings. The predicted molar refractivity (Wildman–Crippen MR) is 67.1 cm³/mol. The van der Waals surface area contributed by atoms with Crippen molar-refractivity contribution >= 4 is 29.1 Å². The van der Waals surface area contributed by atoms with E-state index in [0.717, 1.165) is 0 Å². The first kappa shape index (κ1) is 13.7. The Morgan fingerprint density at radius 3 is 2.45 bits per heavy atom. The van der Waals surface area contributed by atoms with Gasteiger partial charge in [0.05, 0.1) is 5.56 Å². The Balaban J connectivity index is 2.45. The SMILES string of the molecule is O=C(O)c1cccc(C2=CCC(=O)C(C(=O)O)C2=O)c1. The molecule has 20 heavy (non-hydrogen) atoms. The van der Waals surface area contributed by atoms with Gasteiger partial charge in [-0.2, -0.15) is 0 Å². The molecule has 0 saturated heterocycles. The quantitative estimate of drug-likeness (QED) is 0.796. The number of hydrogen-bond donors (Lipinski definition) is 2. The minimum atomic E-state index is -1.71. The molecular formula is C14H10O6. The number of rotatable bonds is 3. The van der Waals surface area contributed by atoms with Crippen LogP contribution >= 0.6 is 0 Å². The van der Waals surface area contributed by atoms with Crippen molar-refractivity contribution in [2.24, 2.45) is 5.92 Å². The van der Waals surface area contributed by atoms with Crippen LogP contribution in [0.2, 0.25) is 0 Å². The molecule has 1 unspecified atom stereocenters. The number of allylic oxidation sites excluding steroid dienone is 2. The number of aromatic carboxylic acids is 1. The van der Waals surface area contributed by atoms with Crippen LogP contribution in [0, 0.1) is 5.92 Å². The molecule has 1 atom stereocenters. The van der Waals surface area contributed by atoms with Crippen molar-refractivity contribution < 1.29 is 29.4 Å². The summed E-state index contributed by atoms with van der Waals surface area (Å²) in [5.41, 5.74) is 0.355. The van der Waals surface area contributed by atoms with Gasteiger partial charge in [-0.15, -0.1) is 0 Å². The fourth-order valence-electron chi connectivity index (χ4n) is 2.05. The number of carboxylic acid groups (broad SMARTS) is 2. The lowest BCUT2D eigenvalue weighted by atomic mass is 9.83. The Hall–Kier alpha value is -2.76. The van der Waals surface area contributed by atoms with E-state index in [1.807, 2.05) is 0 Å². The summed E-state index contributed by atoms with van der Waals surface area (Å²) in [6.07, 6.45) is 1.18. The number of ketones is 2. The third-order valence-corrected chi connectivity index (χ3v) is 3.02. The minimum Gasteiger partial charge on any atom is -0.480 e. The Bertz CT molecular complexity index is 655. The maximum Gasteiger partial charge on any atom is 0.335 e. The largest absolute Gasteiger partial charge is 0.480 e. The van der Waals surface area contributed by atoms with Crippen LogP contribution in [0.25, 0.3) is 5.57 Å². The zero-order valence-electron chi connectivity index (χ0n) is 10.2. The van der Waals surface area contributed by atoms with Crippen molar-refractivity contribution in [1.82, 2.24) is 0 Å². The van der Waals surface area contributed by atoms with Crippen LogP contribution in [-0.2, 0) is 14.4 Å². The molecule has 1 aromatic carbocycles. The maximum atomic E-state index is 12.0. The smallest absolute Gasteiger partial charge is 0.335 e. The van der Waals surface area contributed by atoms with Crippen LogP contribution in [0.5, 0.6) is 0 Å². The maximum absolute atomic E-state index is 12.0. The van der Waals surface area contributed by atoms with Gasteiger partial charge >= 0.3 is 11.9 Å². The first-order valence-electron chi connectivity index (χ1n) is 5.75. The van der Waals surface area contributed by atoms with Gasteiger partial charge in [0.15, 0.2) is 17.5 Å². The van der Waals surface area contributed by atoms with Crippen molar-refractivity contribution in [3.63, 3.8) is 0 Å². The highest BCUT2D eigenvalue weighted by molar-refractivity contribution is 6.36. The van der Waals surface area contributed by atoms with Crippen molar-refractivity contribution in [3.8, 4) is 0 Å². The number of carbonyl (C=O) groups excluding carboxylic acids is 2. The Morgan fingerprint density at radius 1 is 1.15 bits per heavy atom. The van der Waals surface area contributed by atoms with E-state index in [1.165, 1.54) is 30.3 Å². The second-order valence-electron chi connectivity index (χ2n) is 4.31. The summed E-state index contributed by atoms with van der Waals surface area (Å²) in [7, 11) is 0. The Kier molecular flexibility index (Phi) is 3.47. The van der Waals surface area contributed by atoms with E-state index in [-0.39, 0.29) is 17.6 Å². The Labute approximate surface area is 113 Å². The highest BCUT2D eigenvalue weighted by atomic mass is 16.4. The van der Waals surface area contributed by atoms with Gasteiger partial charge in [-0.05, 0) is 17.7 Å². The van der Waals surface area contributed by atoms with E-state index in [2.05, 4.69) is 0 Å². The van der Waals surface area contributed by atoms with Gasteiger partial charge in [-0.1, -0.05) is 18.2 Å². The first-order chi connectivity index (χ1) is 9.41. The molecule has 6 heteroatoms. The third kappa shape index (κ3) is 2.35. The molecule has 0 aromatic heterocycles. The molecule has 0 amide bonds. The molecule has 1 aliphatic carbocycles. The van der Waals surface area contributed by atoms with Gasteiger partial charge in [0.1, 0.15) is 0 Å². The molecule has 0 saturated carbocycles. The molecule has 1 aromatic rings. The summed E-state index contributed by atoms with van der Waals surface area (Å²) in [4.78, 5) is 45.4. The minimum absolute atomic E-state index is 0.0139. The van der Waals surface area contributed by atoms with Crippen LogP contribution < -0.4 is 0 Å². The standard InChI is InChI=1S/C14H10O6/c15-10-5-4-9(12(16)11(10)14(19)20)7-2-1-3-8(6-7)13(17)18/h1-4,6,11H,5H2,(H,17,18)(H,19,20). The van der Waals surface area contributed by atoms with Crippen LogP contribution in [0.1, 0.15) is 22.3 Å². The van der Waals surface area contributed by atoms with Crippen molar-refractivity contribution in [1.29, 1.82) is 0 Å². The summed E-state index contributed by atoms with van der Waals surface area (Å²) in [5, 5.41) is 17.8. The predicted octanol–water partition coefficient (Wildman–Crippen LogP) is 1.01. The monoisotopic (exact) mass is 274 g/mol. The summed E-state index contributed by atoms with van der Waals surface area (Å²) >= 11 is 0. The van der Waals surface area contributed by atoms with Gasteiger partial charge in [-0.3, -0.25) is 14.4 Å². The van der Waals surface area contributed by atoms with Gasteiger partial charge in [-0.25, -0.2) is 4.79 Å². The number of carboxylic acids is 2. The van der Waals surface area contributed by atoms with Crippen molar-refractivity contribution in [2.45, 2.75) is 6.42 Å². The number of hydrogen-bond acceptors (Lipinski definition) is 4. The molecule has 0 heterocycles. The summed E-state index contributed by atoms with van der Waals surface area (Å²) in [6.45, 7) is 0. The van der Waals surface area contributed by atoms with Crippen LogP contribution in [-0.4, -0.2) is 33.7 Å². The number of aliphatic carboxylic acids is 1. The van der Waals surface area contributed by atoms with Gasteiger partial charge in [0.25, 0.3) is 0 Å². The first-order valence-corrected chi connectivity index (χ1v) is 5.75. The van der Waals surface area contributed by atoms with E-state index in [1.54, 1.807) is 0 Å². The lowest BCUT2D eigenvalue weighted by molar-refractivity contribution is -0.149. The fraction of sp³-hybridized carbons (Fsp3) is 0.143. The molecule has 102 valence electrons. The zero-order chi connectivity index (χ0) is 14.9. The van der Waals surface area contributed by atoms with E-state index < -0.39 is 29.4 Å². The molecule has 2 rings (SSSR count). The number of Topliss-reactive ketones (excluding diaryl/α,β-unsaturated/α-hetero) is 2. The molecule has 0 aliphatic heterocycles. The molecule has 0 radical (unpaired) electrons.